The van der Waals surface area contributed by atoms with Gasteiger partial charge in [0.15, 0.2) is 0 Å². The minimum atomic E-state index is -0.127. The van der Waals surface area contributed by atoms with Gasteiger partial charge >= 0.3 is 0 Å². The molecule has 1 saturated heterocycles. The van der Waals surface area contributed by atoms with Crippen LogP contribution < -0.4 is 5.32 Å². The zero-order valence-corrected chi connectivity index (χ0v) is 10.3. The van der Waals surface area contributed by atoms with Gasteiger partial charge in [-0.25, -0.2) is 4.39 Å². The smallest absolute Gasteiger partial charge is 0.123 e. The molecule has 1 aliphatic heterocycles. The molecule has 0 bridgehead atoms. The van der Waals surface area contributed by atoms with Crippen molar-refractivity contribution in [3.05, 3.63) is 35.6 Å². The summed E-state index contributed by atoms with van der Waals surface area (Å²) in [6, 6.07) is 7.18. The van der Waals surface area contributed by atoms with Crippen molar-refractivity contribution in [2.75, 3.05) is 13.1 Å². The van der Waals surface area contributed by atoms with Crippen molar-refractivity contribution in [2.24, 2.45) is 17.8 Å². The normalized spacial score (nSPS) is 36.8. The van der Waals surface area contributed by atoms with Crippen LogP contribution in [0.4, 0.5) is 4.39 Å². The first kappa shape index (κ1) is 11.2. The number of halogens is 1. The Hall–Kier alpha value is -0.890. The molecule has 92 valence electrons. The highest BCUT2D eigenvalue weighted by Crippen LogP contribution is 2.46. The highest BCUT2D eigenvalue weighted by Gasteiger charge is 2.40. The molecule has 1 heterocycles. The molecule has 1 aromatic carbocycles. The van der Waals surface area contributed by atoms with Crippen molar-refractivity contribution in [3.63, 3.8) is 0 Å². The summed E-state index contributed by atoms with van der Waals surface area (Å²) in [6.07, 6.45) is 2.67. The Kier molecular flexibility index (Phi) is 2.91. The lowest BCUT2D eigenvalue weighted by Gasteiger charge is -2.38. The van der Waals surface area contributed by atoms with Crippen LogP contribution in [0.3, 0.4) is 0 Å². The van der Waals surface area contributed by atoms with E-state index >= 15 is 0 Å². The van der Waals surface area contributed by atoms with Crippen LogP contribution in [0.2, 0.25) is 0 Å². The van der Waals surface area contributed by atoms with E-state index in [-0.39, 0.29) is 5.82 Å². The van der Waals surface area contributed by atoms with E-state index in [0.29, 0.717) is 5.92 Å². The molecule has 4 atom stereocenters. The average molecular weight is 233 g/mol. The second-order valence-electron chi connectivity index (χ2n) is 5.71. The summed E-state index contributed by atoms with van der Waals surface area (Å²) in [5, 5.41) is 3.52. The van der Waals surface area contributed by atoms with E-state index in [1.807, 2.05) is 12.1 Å². The van der Waals surface area contributed by atoms with E-state index in [1.54, 1.807) is 12.1 Å². The Bertz CT molecular complexity index is 386. The van der Waals surface area contributed by atoms with E-state index in [4.69, 9.17) is 0 Å². The van der Waals surface area contributed by atoms with Crippen LogP contribution >= 0.6 is 0 Å². The summed E-state index contributed by atoms with van der Waals surface area (Å²) in [4.78, 5) is 0. The number of hydrogen-bond acceptors (Lipinski definition) is 1. The molecule has 1 saturated carbocycles. The molecule has 0 spiro atoms. The molecule has 0 radical (unpaired) electrons. The lowest BCUT2D eigenvalue weighted by molar-refractivity contribution is 0.195. The fourth-order valence-electron chi connectivity index (χ4n) is 3.83. The Morgan fingerprint density at radius 1 is 1.12 bits per heavy atom. The van der Waals surface area contributed by atoms with Gasteiger partial charge in [-0.2, -0.15) is 0 Å². The van der Waals surface area contributed by atoms with Gasteiger partial charge in [0.25, 0.3) is 0 Å². The maximum atomic E-state index is 13.0. The van der Waals surface area contributed by atoms with Gasteiger partial charge in [0.05, 0.1) is 0 Å². The Labute approximate surface area is 102 Å². The predicted octanol–water partition coefficient (Wildman–Crippen LogP) is 3.17. The van der Waals surface area contributed by atoms with E-state index in [9.17, 15) is 4.39 Å². The van der Waals surface area contributed by atoms with Crippen LogP contribution in [-0.4, -0.2) is 13.1 Å². The third-order valence-corrected chi connectivity index (χ3v) is 4.71. The summed E-state index contributed by atoms with van der Waals surface area (Å²) >= 11 is 0. The molecular weight excluding hydrogens is 213 g/mol. The van der Waals surface area contributed by atoms with Crippen molar-refractivity contribution in [1.82, 2.24) is 5.32 Å². The second kappa shape index (κ2) is 4.41. The second-order valence-corrected chi connectivity index (χ2v) is 5.71. The quantitative estimate of drug-likeness (QED) is 0.785. The van der Waals surface area contributed by atoms with Crippen LogP contribution in [0.1, 0.15) is 31.2 Å². The van der Waals surface area contributed by atoms with Crippen LogP contribution in [0, 0.1) is 23.6 Å². The van der Waals surface area contributed by atoms with Gasteiger partial charge < -0.3 is 5.32 Å². The monoisotopic (exact) mass is 233 g/mol. The SMILES string of the molecule is C[C@H]1CCC2CNCC2C1c1ccc(F)cc1. The zero-order chi connectivity index (χ0) is 11.8. The van der Waals surface area contributed by atoms with Gasteiger partial charge in [-0.15, -0.1) is 0 Å². The molecule has 2 aliphatic rings. The lowest BCUT2D eigenvalue weighted by Crippen LogP contribution is -2.31. The number of nitrogens with one attached hydrogen (secondary N) is 1. The molecule has 0 aromatic heterocycles. The molecule has 2 fully saturated rings. The van der Waals surface area contributed by atoms with Crippen LogP contribution in [-0.2, 0) is 0 Å². The zero-order valence-electron chi connectivity index (χ0n) is 10.3. The molecule has 2 heteroatoms. The molecule has 3 unspecified atom stereocenters. The Morgan fingerprint density at radius 3 is 2.65 bits per heavy atom. The molecule has 1 aromatic rings. The largest absolute Gasteiger partial charge is 0.316 e. The Morgan fingerprint density at radius 2 is 1.88 bits per heavy atom. The van der Waals surface area contributed by atoms with Crippen molar-refractivity contribution < 1.29 is 4.39 Å². The van der Waals surface area contributed by atoms with Crippen LogP contribution in [0.5, 0.6) is 0 Å². The van der Waals surface area contributed by atoms with E-state index in [1.165, 1.54) is 24.9 Å². The highest BCUT2D eigenvalue weighted by molar-refractivity contribution is 5.23. The van der Waals surface area contributed by atoms with Crippen molar-refractivity contribution in [3.8, 4) is 0 Å². The summed E-state index contributed by atoms with van der Waals surface area (Å²) < 4.78 is 13.0. The predicted molar refractivity (Wildman–Crippen MR) is 67.4 cm³/mol. The summed E-state index contributed by atoms with van der Waals surface area (Å²) in [6.45, 7) is 4.66. The summed E-state index contributed by atoms with van der Waals surface area (Å²) in [7, 11) is 0. The number of rotatable bonds is 1. The third kappa shape index (κ3) is 1.99. The first-order chi connectivity index (χ1) is 8.25. The lowest BCUT2D eigenvalue weighted by atomic mass is 9.66. The van der Waals surface area contributed by atoms with Crippen molar-refractivity contribution >= 4 is 0 Å². The number of benzene rings is 1. The molecular formula is C15H20FN. The van der Waals surface area contributed by atoms with Crippen molar-refractivity contribution in [1.29, 1.82) is 0 Å². The summed E-state index contributed by atoms with van der Waals surface area (Å²) in [5.74, 6) is 2.80. The van der Waals surface area contributed by atoms with E-state index < -0.39 is 0 Å². The first-order valence-electron chi connectivity index (χ1n) is 6.72. The molecule has 17 heavy (non-hydrogen) atoms. The fraction of sp³-hybridized carbons (Fsp3) is 0.600. The topological polar surface area (TPSA) is 12.0 Å². The average Bonchev–Trinajstić information content (AvgIpc) is 2.79. The van der Waals surface area contributed by atoms with Crippen LogP contribution in [0.25, 0.3) is 0 Å². The first-order valence-corrected chi connectivity index (χ1v) is 6.72. The van der Waals surface area contributed by atoms with E-state index in [2.05, 4.69) is 12.2 Å². The van der Waals surface area contributed by atoms with Gasteiger partial charge in [-0.3, -0.25) is 0 Å². The highest BCUT2D eigenvalue weighted by atomic mass is 19.1. The number of fused-ring (bicyclic) bond motifs is 1. The van der Waals surface area contributed by atoms with Crippen LogP contribution in [0.15, 0.2) is 24.3 Å². The van der Waals surface area contributed by atoms with Gasteiger partial charge in [0, 0.05) is 0 Å². The molecule has 0 amide bonds. The standard InChI is InChI=1S/C15H20FN/c1-10-2-3-12-8-17-9-14(12)15(10)11-4-6-13(16)7-5-11/h4-7,10,12,14-15,17H,2-3,8-9H2,1H3/t10-,12?,14?,15?/m0/s1. The molecule has 1 N–H and O–H groups in total. The van der Waals surface area contributed by atoms with Gasteiger partial charge in [0.2, 0.25) is 0 Å². The Balaban J connectivity index is 1.90. The minimum Gasteiger partial charge on any atom is -0.316 e. The molecule has 1 nitrogen and oxygen atoms in total. The van der Waals surface area contributed by atoms with Crippen molar-refractivity contribution in [2.45, 2.75) is 25.7 Å². The van der Waals surface area contributed by atoms with Gasteiger partial charge in [-0.1, -0.05) is 19.1 Å². The summed E-state index contributed by atoms with van der Waals surface area (Å²) in [5.41, 5.74) is 1.33. The third-order valence-electron chi connectivity index (χ3n) is 4.71. The maximum Gasteiger partial charge on any atom is 0.123 e. The van der Waals surface area contributed by atoms with E-state index in [0.717, 1.165) is 24.3 Å². The fourth-order valence-corrected chi connectivity index (χ4v) is 3.83. The van der Waals surface area contributed by atoms with Gasteiger partial charge in [0.1, 0.15) is 5.82 Å². The minimum absolute atomic E-state index is 0.127. The molecule has 1 aliphatic carbocycles. The molecule has 3 rings (SSSR count). The van der Waals surface area contributed by atoms with Gasteiger partial charge in [-0.05, 0) is 67.3 Å². The maximum absolute atomic E-state index is 13.0. The number of hydrogen-bond donors (Lipinski definition) is 1.